The van der Waals surface area contributed by atoms with E-state index in [4.69, 9.17) is 36.3 Å². The number of aromatic nitrogens is 2. The van der Waals surface area contributed by atoms with Crippen LogP contribution in [-0.4, -0.2) is 77.2 Å². The first-order chi connectivity index (χ1) is 32.0. The standard InChI is InChI=1S/C20H18BrFN4O6S2.C20H18ClFN4O6S2/c1-31-12-5-3-4-6-13(12)32-14-9-10(22)7-8-11(14)24-18(27)19(28)26-20-25-15(16(21)33-20)17(23)34(2,29)30;1-31-14-5-3-4-6-15(14)32-16-9-11(22)7-8-12(16)24-18(27)19(28)26-20-25-13(17(21)33-20)10-23-34(2,29)30/h3-9,17H,23H2,1-2H3,(H,24,27)(H,25,26,28);3-9,23H,10H2,1-2H3,(H,24,27)(H,25,26,28). The number of ether oxygens (including phenoxy) is 4. The number of thiazole rings is 2. The minimum absolute atomic E-state index is 0.00534. The van der Waals surface area contributed by atoms with E-state index in [0.29, 0.717) is 11.5 Å². The van der Waals surface area contributed by atoms with Crippen LogP contribution in [0.15, 0.2) is 88.7 Å². The summed E-state index contributed by atoms with van der Waals surface area (Å²) in [5, 5.41) is 7.77. The molecule has 2 heterocycles. The number of sulfonamides is 1. The van der Waals surface area contributed by atoms with Crippen molar-refractivity contribution in [1.29, 1.82) is 0 Å². The number of carbonyl (C=O) groups is 4. The van der Waals surface area contributed by atoms with E-state index >= 15 is 0 Å². The maximum Gasteiger partial charge on any atom is 0.315 e. The molecule has 0 aliphatic carbocycles. The molecule has 0 aliphatic rings. The first-order valence-electron chi connectivity index (χ1n) is 18.7. The van der Waals surface area contributed by atoms with Gasteiger partial charge in [-0.3, -0.25) is 29.8 Å². The van der Waals surface area contributed by atoms with Crippen molar-refractivity contribution >= 4 is 115 Å². The zero-order chi connectivity index (χ0) is 49.9. The Morgan fingerprint density at radius 3 is 1.53 bits per heavy atom. The fraction of sp³-hybridized carbons (Fsp3) is 0.150. The average Bonchev–Trinajstić information content (AvgIpc) is 3.83. The van der Waals surface area contributed by atoms with E-state index in [2.05, 4.69) is 51.9 Å². The Hall–Kier alpha value is -6.33. The third-order valence-electron chi connectivity index (χ3n) is 8.31. The number of amides is 4. The maximum atomic E-state index is 13.8. The molecular formula is C40H36BrClF2N8O12S4. The third kappa shape index (κ3) is 14.8. The van der Waals surface area contributed by atoms with Gasteiger partial charge in [-0.15, -0.1) is 0 Å². The fourth-order valence-electron chi connectivity index (χ4n) is 5.12. The van der Waals surface area contributed by atoms with Crippen molar-refractivity contribution in [2.45, 2.75) is 11.9 Å². The summed E-state index contributed by atoms with van der Waals surface area (Å²) in [6.45, 7) is -0.185. The number of nitrogens with zero attached hydrogens (tertiary/aromatic N) is 2. The highest BCUT2D eigenvalue weighted by Gasteiger charge is 2.27. The van der Waals surface area contributed by atoms with Crippen LogP contribution < -0.4 is 50.7 Å². The van der Waals surface area contributed by atoms with Crippen LogP contribution >= 0.6 is 50.2 Å². The third-order valence-corrected chi connectivity index (χ3v) is 13.0. The van der Waals surface area contributed by atoms with Gasteiger partial charge in [0.2, 0.25) is 10.0 Å². The Balaban J connectivity index is 0.000000254. The zero-order valence-corrected chi connectivity index (χ0v) is 41.0. The number of carbonyl (C=O) groups excluding carboxylic acids is 4. The van der Waals surface area contributed by atoms with Crippen molar-refractivity contribution in [2.24, 2.45) is 5.73 Å². The number of halogens is 4. The fourth-order valence-corrected chi connectivity index (χ4v) is 8.88. The number of anilines is 4. The van der Waals surface area contributed by atoms with Gasteiger partial charge >= 0.3 is 23.6 Å². The summed E-state index contributed by atoms with van der Waals surface area (Å²) in [5.41, 5.74) is 5.90. The molecule has 0 spiro atoms. The normalized spacial score (nSPS) is 11.5. The van der Waals surface area contributed by atoms with Gasteiger partial charge in [-0.2, -0.15) is 0 Å². The van der Waals surface area contributed by atoms with E-state index in [1.165, 1.54) is 26.4 Å². The van der Waals surface area contributed by atoms with Crippen LogP contribution in [0.5, 0.6) is 34.5 Å². The van der Waals surface area contributed by atoms with E-state index < -0.39 is 60.5 Å². The first-order valence-corrected chi connectivity index (χ1v) is 25.4. The second-order valence-corrected chi connectivity index (χ2v) is 21.3. The van der Waals surface area contributed by atoms with Crippen molar-refractivity contribution in [1.82, 2.24) is 14.7 Å². The summed E-state index contributed by atoms with van der Waals surface area (Å²) < 4.78 is 97.9. The van der Waals surface area contributed by atoms with Crippen LogP contribution in [0.2, 0.25) is 4.34 Å². The van der Waals surface area contributed by atoms with Gasteiger partial charge in [0.25, 0.3) is 0 Å². The van der Waals surface area contributed by atoms with Crippen LogP contribution in [0.1, 0.15) is 16.8 Å². The van der Waals surface area contributed by atoms with E-state index in [1.807, 2.05) is 0 Å². The minimum atomic E-state index is -3.64. The number of nitrogens with two attached hydrogens (primary N) is 1. The SMILES string of the molecule is COc1ccccc1Oc1cc(F)ccc1NC(=O)C(=O)Nc1nc(C(N)S(C)(=O)=O)c(Br)s1.COc1ccccc1Oc1cc(F)ccc1NC(=O)C(=O)Nc1nc(CNS(C)(=O)=O)c(Cl)s1. The lowest BCUT2D eigenvalue weighted by atomic mass is 10.2. The Morgan fingerprint density at radius 1 is 0.676 bits per heavy atom. The molecule has 6 rings (SSSR count). The number of para-hydroxylation sites is 4. The number of hydrogen-bond donors (Lipinski definition) is 6. The second kappa shape index (κ2) is 23.1. The van der Waals surface area contributed by atoms with Crippen molar-refractivity contribution in [2.75, 3.05) is 48.0 Å². The Labute approximate surface area is 407 Å². The largest absolute Gasteiger partial charge is 0.493 e. The molecule has 2 aromatic heterocycles. The zero-order valence-electron chi connectivity index (χ0n) is 35.4. The molecule has 0 saturated carbocycles. The summed E-state index contributed by atoms with van der Waals surface area (Å²) in [6, 6.07) is 20.0. The maximum absolute atomic E-state index is 13.8. The topological polar surface area (TPSA) is 285 Å². The number of nitrogens with one attached hydrogen (secondary N) is 5. The number of methoxy groups -OCH3 is 2. The molecule has 0 fully saturated rings. The number of hydrogen-bond acceptors (Lipinski definition) is 17. The molecule has 0 radical (unpaired) electrons. The van der Waals surface area contributed by atoms with Crippen molar-refractivity contribution in [3.63, 3.8) is 0 Å². The number of benzene rings is 4. The lowest BCUT2D eigenvalue weighted by Gasteiger charge is -2.14. The summed E-state index contributed by atoms with van der Waals surface area (Å²) in [6.07, 6.45) is 1.92. The summed E-state index contributed by atoms with van der Waals surface area (Å²) in [7, 11) is -4.25. The van der Waals surface area contributed by atoms with Crippen LogP contribution in [0.3, 0.4) is 0 Å². The highest BCUT2D eigenvalue weighted by molar-refractivity contribution is 9.11. The molecule has 4 aromatic carbocycles. The van der Waals surface area contributed by atoms with Crippen LogP contribution in [0, 0.1) is 11.6 Å². The Morgan fingerprint density at radius 2 is 1.10 bits per heavy atom. The highest BCUT2D eigenvalue weighted by Crippen LogP contribution is 2.38. The van der Waals surface area contributed by atoms with E-state index in [0.717, 1.165) is 59.5 Å². The Bertz CT molecular complexity index is 3090. The molecule has 4 amide bonds. The molecule has 20 nitrogen and oxygen atoms in total. The van der Waals surface area contributed by atoms with Crippen molar-refractivity contribution in [3.8, 4) is 34.5 Å². The van der Waals surface area contributed by atoms with Gasteiger partial charge in [0, 0.05) is 18.4 Å². The van der Waals surface area contributed by atoms with Crippen molar-refractivity contribution < 1.29 is 63.7 Å². The molecule has 0 bridgehead atoms. The summed E-state index contributed by atoms with van der Waals surface area (Å²) in [4.78, 5) is 57.6. The summed E-state index contributed by atoms with van der Waals surface area (Å²) >= 11 is 10.9. The molecule has 1 atom stereocenters. The molecule has 68 heavy (non-hydrogen) atoms. The van der Waals surface area contributed by atoms with Gasteiger partial charge in [-0.05, 0) is 64.5 Å². The van der Waals surface area contributed by atoms with Crippen LogP contribution in [0.4, 0.5) is 30.4 Å². The van der Waals surface area contributed by atoms with E-state index in [9.17, 15) is 44.8 Å². The molecule has 360 valence electrons. The summed E-state index contributed by atoms with van der Waals surface area (Å²) in [5.74, 6) is -4.47. The minimum Gasteiger partial charge on any atom is -0.493 e. The molecule has 28 heteroatoms. The van der Waals surface area contributed by atoms with Gasteiger partial charge in [0.05, 0.1) is 47.9 Å². The van der Waals surface area contributed by atoms with Gasteiger partial charge in [0.1, 0.15) is 21.7 Å². The quantitative estimate of drug-likeness (QED) is 0.0578. The smallest absolute Gasteiger partial charge is 0.315 e. The first kappa shape index (κ1) is 52.6. The monoisotopic (exact) mass is 1100 g/mol. The van der Waals surface area contributed by atoms with E-state index in [-0.39, 0.29) is 70.7 Å². The van der Waals surface area contributed by atoms with E-state index in [1.54, 1.807) is 48.5 Å². The molecular weight excluding hydrogens is 1070 g/mol. The lowest BCUT2D eigenvalue weighted by Crippen LogP contribution is -2.29. The number of rotatable bonds is 15. The Kier molecular flexibility index (Phi) is 17.9. The molecule has 0 saturated heterocycles. The van der Waals surface area contributed by atoms with Gasteiger partial charge in [0.15, 0.2) is 60.0 Å². The van der Waals surface area contributed by atoms with Gasteiger partial charge in [-0.25, -0.2) is 40.3 Å². The molecule has 0 aliphatic heterocycles. The van der Waals surface area contributed by atoms with Crippen LogP contribution in [0.25, 0.3) is 0 Å². The lowest BCUT2D eigenvalue weighted by molar-refractivity contribution is -0.133. The second-order valence-electron chi connectivity index (χ2n) is 13.4. The molecule has 1 unspecified atom stereocenters. The number of sulfone groups is 1. The molecule has 6 aromatic rings. The van der Waals surface area contributed by atoms with Crippen molar-refractivity contribution in [3.05, 3.63) is 116 Å². The molecule has 7 N–H and O–H groups in total. The predicted octanol–water partition coefficient (Wildman–Crippen LogP) is 6.79. The average molecular weight is 1100 g/mol. The van der Waals surface area contributed by atoms with Gasteiger partial charge in [-0.1, -0.05) is 58.5 Å². The highest BCUT2D eigenvalue weighted by atomic mass is 79.9. The predicted molar refractivity (Wildman–Crippen MR) is 254 cm³/mol. The van der Waals surface area contributed by atoms with Gasteiger partial charge < -0.3 is 35.3 Å². The van der Waals surface area contributed by atoms with Crippen LogP contribution in [-0.2, 0) is 45.6 Å².